The van der Waals surface area contributed by atoms with Crippen LogP contribution < -0.4 is 10.6 Å². The lowest BCUT2D eigenvalue weighted by atomic mass is 10.1. The molecule has 7 heteroatoms. The summed E-state index contributed by atoms with van der Waals surface area (Å²) in [6.45, 7) is 3.24. The van der Waals surface area contributed by atoms with Gasteiger partial charge in [0.2, 0.25) is 5.91 Å². The van der Waals surface area contributed by atoms with Crippen LogP contribution in [0, 0.1) is 0 Å². The van der Waals surface area contributed by atoms with Crippen molar-refractivity contribution in [3.63, 3.8) is 0 Å². The van der Waals surface area contributed by atoms with Crippen LogP contribution in [-0.4, -0.2) is 53.6 Å². The smallest absolute Gasteiger partial charge is 0.315 e. The number of aliphatic carboxylic acids is 1. The van der Waals surface area contributed by atoms with E-state index in [9.17, 15) is 14.4 Å². The number of hydrogen-bond donors (Lipinski definition) is 3. The number of carbonyl (C=O) groups excluding carboxylic acids is 2. The van der Waals surface area contributed by atoms with Crippen LogP contribution in [0.25, 0.3) is 0 Å². The van der Waals surface area contributed by atoms with Gasteiger partial charge in [0, 0.05) is 25.6 Å². The van der Waals surface area contributed by atoms with Gasteiger partial charge in [0.1, 0.15) is 0 Å². The van der Waals surface area contributed by atoms with Crippen molar-refractivity contribution in [3.8, 4) is 0 Å². The number of carboxylic acids is 1. The fraction of sp³-hybridized carbons (Fsp3) is 0.769. The highest BCUT2D eigenvalue weighted by atomic mass is 16.4. The minimum Gasteiger partial charge on any atom is -0.481 e. The standard InChI is InChI=1S/C13H23N3O4/c1-10(5-6-12(18)19)15-13(20)14-9-11(17)16-7-3-2-4-8-16/h10H,2-9H2,1H3,(H,18,19)(H2,14,15,20). The number of amides is 3. The molecule has 0 aromatic heterocycles. The molecule has 1 heterocycles. The van der Waals surface area contributed by atoms with Gasteiger partial charge in [0.15, 0.2) is 0 Å². The Morgan fingerprint density at radius 3 is 2.45 bits per heavy atom. The Morgan fingerprint density at radius 1 is 1.20 bits per heavy atom. The Morgan fingerprint density at radius 2 is 1.85 bits per heavy atom. The van der Waals surface area contributed by atoms with Crippen LogP contribution in [-0.2, 0) is 9.59 Å². The Kier molecular flexibility index (Phi) is 6.83. The number of rotatable bonds is 6. The van der Waals surface area contributed by atoms with Crippen molar-refractivity contribution in [1.29, 1.82) is 0 Å². The third-order valence-corrected chi connectivity index (χ3v) is 3.28. The van der Waals surface area contributed by atoms with E-state index in [1.807, 2.05) is 0 Å². The van der Waals surface area contributed by atoms with Gasteiger partial charge >= 0.3 is 12.0 Å². The molecule has 20 heavy (non-hydrogen) atoms. The molecule has 0 aliphatic carbocycles. The zero-order valence-electron chi connectivity index (χ0n) is 11.9. The van der Waals surface area contributed by atoms with Crippen molar-refractivity contribution in [2.45, 2.75) is 45.1 Å². The van der Waals surface area contributed by atoms with Crippen LogP contribution >= 0.6 is 0 Å². The normalized spacial score (nSPS) is 16.4. The van der Waals surface area contributed by atoms with Gasteiger partial charge in [-0.15, -0.1) is 0 Å². The monoisotopic (exact) mass is 285 g/mol. The molecule has 114 valence electrons. The second kappa shape index (κ2) is 8.39. The third-order valence-electron chi connectivity index (χ3n) is 3.28. The molecule has 1 unspecified atom stereocenters. The largest absolute Gasteiger partial charge is 0.481 e. The number of urea groups is 1. The highest BCUT2D eigenvalue weighted by molar-refractivity contribution is 5.84. The van der Waals surface area contributed by atoms with Gasteiger partial charge in [-0.05, 0) is 32.6 Å². The highest BCUT2D eigenvalue weighted by Crippen LogP contribution is 2.08. The summed E-state index contributed by atoms with van der Waals surface area (Å²) >= 11 is 0. The summed E-state index contributed by atoms with van der Waals surface area (Å²) in [5, 5.41) is 13.7. The van der Waals surface area contributed by atoms with Crippen LogP contribution in [0.3, 0.4) is 0 Å². The van der Waals surface area contributed by atoms with Crippen molar-refractivity contribution in [1.82, 2.24) is 15.5 Å². The quantitative estimate of drug-likeness (QED) is 0.663. The summed E-state index contributed by atoms with van der Waals surface area (Å²) in [5.74, 6) is -0.961. The first-order chi connectivity index (χ1) is 9.49. The number of hydrogen-bond acceptors (Lipinski definition) is 3. The van der Waals surface area contributed by atoms with Gasteiger partial charge in [-0.2, -0.15) is 0 Å². The molecule has 3 amide bonds. The van der Waals surface area contributed by atoms with E-state index in [-0.39, 0.29) is 24.9 Å². The average Bonchev–Trinajstić information content (AvgIpc) is 2.43. The molecule has 1 aliphatic heterocycles. The first-order valence-corrected chi connectivity index (χ1v) is 7.03. The predicted molar refractivity (Wildman–Crippen MR) is 73.3 cm³/mol. The van der Waals surface area contributed by atoms with E-state index in [2.05, 4.69) is 10.6 Å². The predicted octanol–water partition coefficient (Wildman–Crippen LogP) is 0.551. The maximum atomic E-state index is 11.8. The molecule has 1 rings (SSSR count). The lowest BCUT2D eigenvalue weighted by Gasteiger charge is -2.26. The Labute approximate surface area is 118 Å². The fourth-order valence-corrected chi connectivity index (χ4v) is 2.10. The molecule has 0 aromatic carbocycles. The molecule has 0 aromatic rings. The summed E-state index contributed by atoms with van der Waals surface area (Å²) < 4.78 is 0. The van der Waals surface area contributed by atoms with E-state index in [1.165, 1.54) is 0 Å². The number of carbonyl (C=O) groups is 3. The van der Waals surface area contributed by atoms with E-state index in [1.54, 1.807) is 11.8 Å². The Hall–Kier alpha value is -1.79. The van der Waals surface area contributed by atoms with Gasteiger partial charge in [0.25, 0.3) is 0 Å². The van der Waals surface area contributed by atoms with Crippen molar-refractivity contribution in [3.05, 3.63) is 0 Å². The van der Waals surface area contributed by atoms with Crippen molar-refractivity contribution < 1.29 is 19.5 Å². The molecule has 0 radical (unpaired) electrons. The molecule has 0 saturated carbocycles. The maximum Gasteiger partial charge on any atom is 0.315 e. The molecular formula is C13H23N3O4. The van der Waals surface area contributed by atoms with Crippen molar-refractivity contribution in [2.24, 2.45) is 0 Å². The van der Waals surface area contributed by atoms with E-state index >= 15 is 0 Å². The molecule has 1 fully saturated rings. The summed E-state index contributed by atoms with van der Waals surface area (Å²) in [5.41, 5.74) is 0. The number of carboxylic acid groups (broad SMARTS) is 1. The summed E-state index contributed by atoms with van der Waals surface area (Å²) in [4.78, 5) is 35.5. The van der Waals surface area contributed by atoms with Crippen LogP contribution in [0.2, 0.25) is 0 Å². The molecule has 0 spiro atoms. The molecular weight excluding hydrogens is 262 g/mol. The molecule has 7 nitrogen and oxygen atoms in total. The number of piperidine rings is 1. The second-order valence-electron chi connectivity index (χ2n) is 5.10. The maximum absolute atomic E-state index is 11.8. The van der Waals surface area contributed by atoms with Crippen molar-refractivity contribution in [2.75, 3.05) is 19.6 Å². The lowest BCUT2D eigenvalue weighted by molar-refractivity contribution is -0.137. The lowest BCUT2D eigenvalue weighted by Crippen LogP contribution is -2.47. The Balaban J connectivity index is 2.18. The van der Waals surface area contributed by atoms with Gasteiger partial charge in [-0.3, -0.25) is 9.59 Å². The summed E-state index contributed by atoms with van der Waals surface area (Å²) in [7, 11) is 0. The zero-order chi connectivity index (χ0) is 15.0. The molecule has 1 aliphatic rings. The second-order valence-corrected chi connectivity index (χ2v) is 5.10. The molecule has 1 atom stereocenters. The fourth-order valence-electron chi connectivity index (χ4n) is 2.10. The number of likely N-dealkylation sites (tertiary alicyclic amines) is 1. The average molecular weight is 285 g/mol. The molecule has 3 N–H and O–H groups in total. The molecule has 1 saturated heterocycles. The number of nitrogens with one attached hydrogen (secondary N) is 2. The van der Waals surface area contributed by atoms with Gasteiger partial charge in [0.05, 0.1) is 6.54 Å². The highest BCUT2D eigenvalue weighted by Gasteiger charge is 2.17. The Bertz CT molecular complexity index is 354. The SMILES string of the molecule is CC(CCC(=O)O)NC(=O)NCC(=O)N1CCCCC1. The minimum atomic E-state index is -0.890. The summed E-state index contributed by atoms with van der Waals surface area (Å²) in [6, 6.07) is -0.676. The first-order valence-electron chi connectivity index (χ1n) is 7.03. The van der Waals surface area contributed by atoms with E-state index < -0.39 is 12.0 Å². The van der Waals surface area contributed by atoms with E-state index in [0.717, 1.165) is 32.4 Å². The first kappa shape index (κ1) is 16.3. The number of nitrogens with zero attached hydrogens (tertiary/aromatic N) is 1. The van der Waals surface area contributed by atoms with Gasteiger partial charge in [-0.1, -0.05) is 0 Å². The zero-order valence-corrected chi connectivity index (χ0v) is 11.9. The van der Waals surface area contributed by atoms with Gasteiger partial charge < -0.3 is 20.6 Å². The summed E-state index contributed by atoms with van der Waals surface area (Å²) in [6.07, 6.45) is 3.56. The van der Waals surface area contributed by atoms with E-state index in [0.29, 0.717) is 6.42 Å². The van der Waals surface area contributed by atoms with Gasteiger partial charge in [-0.25, -0.2) is 4.79 Å². The van der Waals surface area contributed by atoms with E-state index in [4.69, 9.17) is 5.11 Å². The minimum absolute atomic E-state index is 0.00809. The topological polar surface area (TPSA) is 98.7 Å². The third kappa shape index (κ3) is 6.40. The van der Waals surface area contributed by atoms with Crippen LogP contribution in [0.4, 0.5) is 4.79 Å². The van der Waals surface area contributed by atoms with Crippen LogP contribution in [0.5, 0.6) is 0 Å². The van der Waals surface area contributed by atoms with Crippen LogP contribution in [0.1, 0.15) is 39.0 Å². The van der Waals surface area contributed by atoms with Crippen LogP contribution in [0.15, 0.2) is 0 Å². The molecule has 0 bridgehead atoms. The van der Waals surface area contributed by atoms with Crippen molar-refractivity contribution >= 4 is 17.9 Å².